The summed E-state index contributed by atoms with van der Waals surface area (Å²) in [5.74, 6) is 0.806. The van der Waals surface area contributed by atoms with Crippen molar-refractivity contribution >= 4 is 28.4 Å². The predicted molar refractivity (Wildman–Crippen MR) is 83.4 cm³/mol. The Balaban J connectivity index is 1.57. The summed E-state index contributed by atoms with van der Waals surface area (Å²) in [7, 11) is 0. The molecule has 0 bridgehead atoms. The second-order valence-corrected chi connectivity index (χ2v) is 5.17. The van der Waals surface area contributed by atoms with Crippen molar-refractivity contribution in [3.63, 3.8) is 0 Å². The molecule has 1 aromatic carbocycles. The van der Waals surface area contributed by atoms with E-state index in [2.05, 4.69) is 25.6 Å². The van der Waals surface area contributed by atoms with Gasteiger partial charge in [0, 0.05) is 18.4 Å². The Morgan fingerprint density at radius 3 is 3.09 bits per heavy atom. The minimum Gasteiger partial charge on any atom is -0.365 e. The van der Waals surface area contributed by atoms with E-state index >= 15 is 0 Å². The van der Waals surface area contributed by atoms with Gasteiger partial charge in [-0.3, -0.25) is 4.79 Å². The highest BCUT2D eigenvalue weighted by Gasteiger charge is 2.17. The third-order valence-corrected chi connectivity index (χ3v) is 3.66. The molecule has 1 amide bonds. The molecule has 3 aromatic rings. The van der Waals surface area contributed by atoms with Crippen molar-refractivity contribution in [3.8, 4) is 0 Å². The topological polar surface area (TPSA) is 79.8 Å². The molecule has 6 nitrogen and oxygen atoms in total. The van der Waals surface area contributed by atoms with Crippen molar-refractivity contribution in [1.29, 1.82) is 0 Å². The average molecular weight is 291 g/mol. The fourth-order valence-corrected chi connectivity index (χ4v) is 2.61. The van der Waals surface area contributed by atoms with Crippen LogP contribution in [0.3, 0.4) is 0 Å². The first kappa shape index (κ1) is 12.7. The lowest BCUT2D eigenvalue weighted by Gasteiger charge is -2.09. The summed E-state index contributed by atoms with van der Waals surface area (Å²) < 4.78 is 0. The van der Waals surface area contributed by atoms with E-state index < -0.39 is 0 Å². The first-order valence-electron chi connectivity index (χ1n) is 7.01. The number of aromatic nitrogens is 3. The number of hydrogen-bond donors (Lipinski definition) is 2. The van der Waals surface area contributed by atoms with Gasteiger partial charge in [-0.1, -0.05) is 12.1 Å². The van der Waals surface area contributed by atoms with E-state index in [1.807, 2.05) is 30.3 Å². The fourth-order valence-electron chi connectivity index (χ4n) is 2.61. The molecule has 0 saturated heterocycles. The minimum absolute atomic E-state index is 0.0491. The average Bonchev–Trinajstić information content (AvgIpc) is 2.92. The van der Waals surface area contributed by atoms with Gasteiger partial charge in [0.1, 0.15) is 12.1 Å². The third-order valence-electron chi connectivity index (χ3n) is 3.66. The lowest BCUT2D eigenvalue weighted by atomic mass is 10.1. The fraction of sp³-hybridized carbons (Fsp3) is 0.125. The SMILES string of the molecule is O=C1Cc2cc(CNc3ncnc4ncccc34)ccc2N1. The molecule has 0 saturated carbocycles. The van der Waals surface area contributed by atoms with Crippen molar-refractivity contribution in [3.05, 3.63) is 54.0 Å². The standard InChI is InChI=1S/C16H13N5O/c22-14-7-11-6-10(3-4-13(11)21-14)8-18-16-12-2-1-5-17-15(12)19-9-20-16/h1-6,9H,7-8H2,(H,21,22)(H,17,18,19,20). The van der Waals surface area contributed by atoms with Crippen LogP contribution in [0.5, 0.6) is 0 Å². The zero-order chi connectivity index (χ0) is 14.9. The van der Waals surface area contributed by atoms with Gasteiger partial charge < -0.3 is 10.6 Å². The summed E-state index contributed by atoms with van der Waals surface area (Å²) in [6, 6.07) is 9.79. The highest BCUT2D eigenvalue weighted by molar-refractivity contribution is 5.99. The van der Waals surface area contributed by atoms with E-state index in [0.717, 1.165) is 28.0 Å². The number of nitrogens with zero attached hydrogens (tertiary/aromatic N) is 3. The van der Waals surface area contributed by atoms with Crippen LogP contribution >= 0.6 is 0 Å². The third kappa shape index (κ3) is 2.24. The Labute approximate surface area is 126 Å². The molecule has 2 aromatic heterocycles. The quantitative estimate of drug-likeness (QED) is 0.772. The molecule has 1 aliphatic rings. The molecule has 0 spiro atoms. The van der Waals surface area contributed by atoms with Crippen LogP contribution in [0, 0.1) is 0 Å². The summed E-state index contributed by atoms with van der Waals surface area (Å²) >= 11 is 0. The number of rotatable bonds is 3. The highest BCUT2D eigenvalue weighted by Crippen LogP contribution is 2.24. The monoisotopic (exact) mass is 291 g/mol. The number of pyridine rings is 1. The predicted octanol–water partition coefficient (Wildman–Crippen LogP) is 2.13. The van der Waals surface area contributed by atoms with Crippen molar-refractivity contribution in [1.82, 2.24) is 15.0 Å². The zero-order valence-electron chi connectivity index (χ0n) is 11.7. The van der Waals surface area contributed by atoms with Gasteiger partial charge in [0.15, 0.2) is 5.65 Å². The number of anilines is 2. The molecule has 22 heavy (non-hydrogen) atoms. The Morgan fingerprint density at radius 1 is 1.18 bits per heavy atom. The van der Waals surface area contributed by atoms with Gasteiger partial charge >= 0.3 is 0 Å². The van der Waals surface area contributed by atoms with E-state index in [0.29, 0.717) is 18.6 Å². The summed E-state index contributed by atoms with van der Waals surface area (Å²) in [4.78, 5) is 24.0. The second-order valence-electron chi connectivity index (χ2n) is 5.17. The largest absolute Gasteiger partial charge is 0.365 e. The van der Waals surface area contributed by atoms with Gasteiger partial charge in [0.05, 0.1) is 11.8 Å². The molecule has 0 fully saturated rings. The van der Waals surface area contributed by atoms with Crippen LogP contribution in [0.15, 0.2) is 42.9 Å². The van der Waals surface area contributed by atoms with E-state index in [9.17, 15) is 4.79 Å². The van der Waals surface area contributed by atoms with Gasteiger partial charge in [0.2, 0.25) is 5.91 Å². The molecule has 0 aliphatic carbocycles. The minimum atomic E-state index is 0.0491. The first-order valence-corrected chi connectivity index (χ1v) is 7.01. The van der Waals surface area contributed by atoms with Gasteiger partial charge in [-0.05, 0) is 29.3 Å². The summed E-state index contributed by atoms with van der Waals surface area (Å²) in [6.45, 7) is 0.627. The van der Waals surface area contributed by atoms with Crippen LogP contribution in [0.2, 0.25) is 0 Å². The summed E-state index contributed by atoms with van der Waals surface area (Å²) in [5.41, 5.74) is 3.72. The molecule has 0 atom stereocenters. The smallest absolute Gasteiger partial charge is 0.228 e. The summed E-state index contributed by atoms with van der Waals surface area (Å²) in [5, 5.41) is 7.04. The number of hydrogen-bond acceptors (Lipinski definition) is 5. The molecule has 2 N–H and O–H groups in total. The Morgan fingerprint density at radius 2 is 2.14 bits per heavy atom. The Hall–Kier alpha value is -3.02. The molecule has 1 aliphatic heterocycles. The molecule has 108 valence electrons. The summed E-state index contributed by atoms with van der Waals surface area (Å²) in [6.07, 6.45) is 3.66. The number of fused-ring (bicyclic) bond motifs is 2. The Kier molecular flexibility index (Phi) is 2.93. The maximum absolute atomic E-state index is 11.4. The highest BCUT2D eigenvalue weighted by atomic mass is 16.1. The number of benzene rings is 1. The molecule has 0 unspecified atom stereocenters. The van der Waals surface area contributed by atoms with Gasteiger partial charge in [-0.25, -0.2) is 15.0 Å². The van der Waals surface area contributed by atoms with Crippen molar-refractivity contribution < 1.29 is 4.79 Å². The normalized spacial score (nSPS) is 13.0. The maximum atomic E-state index is 11.4. The first-order chi connectivity index (χ1) is 10.8. The lowest BCUT2D eigenvalue weighted by Crippen LogP contribution is -2.03. The number of nitrogens with one attached hydrogen (secondary N) is 2. The maximum Gasteiger partial charge on any atom is 0.228 e. The molecule has 4 rings (SSSR count). The van der Waals surface area contributed by atoms with Crippen LogP contribution in [-0.2, 0) is 17.8 Å². The van der Waals surface area contributed by atoms with E-state index in [1.54, 1.807) is 6.20 Å². The van der Waals surface area contributed by atoms with Crippen LogP contribution in [0.1, 0.15) is 11.1 Å². The second kappa shape index (κ2) is 5.07. The Bertz CT molecular complexity index is 872. The van der Waals surface area contributed by atoms with Crippen LogP contribution < -0.4 is 10.6 Å². The molecule has 6 heteroatoms. The molecular weight excluding hydrogens is 278 g/mol. The van der Waals surface area contributed by atoms with E-state index in [1.165, 1.54) is 6.33 Å². The van der Waals surface area contributed by atoms with Gasteiger partial charge in [0.25, 0.3) is 0 Å². The lowest BCUT2D eigenvalue weighted by molar-refractivity contribution is -0.115. The van der Waals surface area contributed by atoms with Crippen LogP contribution in [-0.4, -0.2) is 20.9 Å². The number of carbonyl (C=O) groups is 1. The van der Waals surface area contributed by atoms with Crippen molar-refractivity contribution in [2.24, 2.45) is 0 Å². The van der Waals surface area contributed by atoms with Crippen molar-refractivity contribution in [2.75, 3.05) is 10.6 Å². The zero-order valence-corrected chi connectivity index (χ0v) is 11.7. The van der Waals surface area contributed by atoms with Crippen LogP contribution in [0.4, 0.5) is 11.5 Å². The van der Waals surface area contributed by atoms with Gasteiger partial charge in [-0.15, -0.1) is 0 Å². The van der Waals surface area contributed by atoms with Crippen LogP contribution in [0.25, 0.3) is 11.0 Å². The van der Waals surface area contributed by atoms with E-state index in [-0.39, 0.29) is 5.91 Å². The molecule has 0 radical (unpaired) electrons. The van der Waals surface area contributed by atoms with Crippen molar-refractivity contribution in [2.45, 2.75) is 13.0 Å². The molecular formula is C16H13N5O. The number of carbonyl (C=O) groups excluding carboxylic acids is 1. The number of amides is 1. The molecule has 3 heterocycles. The van der Waals surface area contributed by atoms with Gasteiger partial charge in [-0.2, -0.15) is 0 Å². The van der Waals surface area contributed by atoms with E-state index in [4.69, 9.17) is 0 Å².